The van der Waals surface area contributed by atoms with Crippen LogP contribution in [0.2, 0.25) is 0 Å². The third-order valence-electron chi connectivity index (χ3n) is 5.54. The zero-order valence-electron chi connectivity index (χ0n) is 20.1. The average molecular weight is 471 g/mol. The Morgan fingerprint density at radius 1 is 1.11 bits per heavy atom. The molecular weight excluding hydrogens is 443 g/mol. The Hall–Kier alpha value is -4.34. The molecule has 0 bridgehead atoms. The van der Waals surface area contributed by atoms with Crippen LogP contribution in [0.5, 0.6) is 0 Å². The summed E-state index contributed by atoms with van der Waals surface area (Å²) in [5, 5.41) is 28.9. The maximum atomic E-state index is 13.6. The lowest BCUT2D eigenvalue weighted by Crippen LogP contribution is -2.35. The predicted octanol–water partition coefficient (Wildman–Crippen LogP) is 4.52. The summed E-state index contributed by atoms with van der Waals surface area (Å²) >= 11 is 0. The zero-order valence-corrected chi connectivity index (χ0v) is 20.1. The maximum absolute atomic E-state index is 13.6. The summed E-state index contributed by atoms with van der Waals surface area (Å²) in [5.41, 5.74) is 10.3. The minimum Gasteiger partial charge on any atom is -0.383 e. The van der Waals surface area contributed by atoms with Crippen LogP contribution in [0.25, 0.3) is 10.9 Å². The fourth-order valence-electron chi connectivity index (χ4n) is 3.84. The quantitative estimate of drug-likeness (QED) is 0.416. The van der Waals surface area contributed by atoms with Gasteiger partial charge in [-0.3, -0.25) is 9.99 Å². The molecule has 9 heteroatoms. The van der Waals surface area contributed by atoms with Crippen molar-refractivity contribution in [3.8, 4) is 12.1 Å². The van der Waals surface area contributed by atoms with Crippen LogP contribution >= 0.6 is 0 Å². The second-order valence-electron chi connectivity index (χ2n) is 9.67. The molecule has 0 fully saturated rings. The lowest BCUT2D eigenvalue weighted by Gasteiger charge is -2.23. The highest BCUT2D eigenvalue weighted by Crippen LogP contribution is 2.34. The highest BCUT2D eigenvalue weighted by atomic mass is 19.1. The van der Waals surface area contributed by atoms with Gasteiger partial charge in [-0.25, -0.2) is 4.39 Å². The van der Waals surface area contributed by atoms with E-state index in [1.807, 2.05) is 19.3 Å². The van der Waals surface area contributed by atoms with Crippen molar-refractivity contribution in [1.29, 1.82) is 10.5 Å². The largest absolute Gasteiger partial charge is 0.383 e. The molecule has 0 spiro atoms. The highest BCUT2D eigenvalue weighted by molar-refractivity contribution is 5.99. The summed E-state index contributed by atoms with van der Waals surface area (Å²) in [5.74, 6) is -0.321. The van der Waals surface area contributed by atoms with Crippen molar-refractivity contribution in [1.82, 2.24) is 21.0 Å². The molecule has 0 aliphatic carbocycles. The molecule has 0 saturated carbocycles. The van der Waals surface area contributed by atoms with Crippen molar-refractivity contribution < 1.29 is 4.39 Å². The zero-order chi connectivity index (χ0) is 25.2. The molecule has 8 nitrogen and oxygen atoms in total. The molecule has 4 rings (SSSR count). The number of hydrogen-bond donors (Lipinski definition) is 4. The summed E-state index contributed by atoms with van der Waals surface area (Å²) in [4.78, 5) is 4.41. The SMILES string of the molecule is CN1C=C(C(Nc2cc(C#N)c3ncc(C#N)c(NCC(C)(C)C)c3c2)c2ccc(F)cc2)NN1. The third-order valence-corrected chi connectivity index (χ3v) is 5.54. The van der Waals surface area contributed by atoms with Crippen molar-refractivity contribution in [3.63, 3.8) is 0 Å². The number of aromatic nitrogens is 1. The number of nitrogens with zero attached hydrogens (tertiary/aromatic N) is 4. The normalized spacial score (nSPS) is 14.0. The van der Waals surface area contributed by atoms with E-state index >= 15 is 0 Å². The van der Waals surface area contributed by atoms with Crippen LogP contribution in [0, 0.1) is 33.9 Å². The average Bonchev–Trinajstić information content (AvgIpc) is 3.26. The minimum atomic E-state index is -0.366. The number of halogens is 1. The van der Waals surface area contributed by atoms with Gasteiger partial charge in [0.15, 0.2) is 0 Å². The molecule has 1 aliphatic heterocycles. The summed E-state index contributed by atoms with van der Waals surface area (Å²) in [6.07, 6.45) is 3.39. The molecule has 2 heterocycles. The van der Waals surface area contributed by atoms with Gasteiger partial charge in [0.1, 0.15) is 18.0 Å². The van der Waals surface area contributed by atoms with Crippen LogP contribution in [0.3, 0.4) is 0 Å². The van der Waals surface area contributed by atoms with Crippen LogP contribution in [-0.2, 0) is 0 Å². The number of nitrogens with one attached hydrogen (secondary N) is 4. The number of nitriles is 2. The molecule has 178 valence electrons. The van der Waals surface area contributed by atoms with Gasteiger partial charge in [-0.05, 0) is 35.2 Å². The van der Waals surface area contributed by atoms with Gasteiger partial charge in [-0.15, -0.1) is 5.53 Å². The molecule has 0 amide bonds. The van der Waals surface area contributed by atoms with Gasteiger partial charge < -0.3 is 16.1 Å². The van der Waals surface area contributed by atoms with E-state index in [1.165, 1.54) is 18.3 Å². The van der Waals surface area contributed by atoms with Gasteiger partial charge in [0.2, 0.25) is 0 Å². The van der Waals surface area contributed by atoms with Gasteiger partial charge in [0, 0.05) is 37.1 Å². The highest BCUT2D eigenvalue weighted by Gasteiger charge is 2.23. The van der Waals surface area contributed by atoms with Gasteiger partial charge in [0.25, 0.3) is 0 Å². The van der Waals surface area contributed by atoms with E-state index in [-0.39, 0.29) is 17.3 Å². The molecule has 0 radical (unpaired) electrons. The standard InChI is InChI=1S/C26H27FN8/c1-26(2,3)15-31-24-18(12-29)13-30-23-17(11-28)9-20(10-21(23)24)32-25(22-14-35(4)34-33-22)16-5-7-19(27)8-6-16/h5-10,13-14,25,32-34H,15H2,1-4H3,(H,30,31). The van der Waals surface area contributed by atoms with E-state index in [0.29, 0.717) is 39.9 Å². The molecule has 2 aromatic carbocycles. The number of anilines is 2. The van der Waals surface area contributed by atoms with E-state index < -0.39 is 0 Å². The van der Waals surface area contributed by atoms with Crippen molar-refractivity contribution in [3.05, 3.63) is 77.0 Å². The Morgan fingerprint density at radius 3 is 2.43 bits per heavy atom. The smallest absolute Gasteiger partial charge is 0.123 e. The first-order valence-electron chi connectivity index (χ1n) is 11.2. The van der Waals surface area contributed by atoms with Gasteiger partial charge in [-0.1, -0.05) is 32.9 Å². The van der Waals surface area contributed by atoms with Crippen LogP contribution in [0.1, 0.15) is 43.5 Å². The number of rotatable bonds is 6. The van der Waals surface area contributed by atoms with Crippen molar-refractivity contribution in [2.24, 2.45) is 5.41 Å². The van der Waals surface area contributed by atoms with Crippen LogP contribution in [-0.4, -0.2) is 23.6 Å². The van der Waals surface area contributed by atoms with Gasteiger partial charge in [-0.2, -0.15) is 10.5 Å². The number of pyridine rings is 1. The number of fused-ring (bicyclic) bond motifs is 1. The molecule has 0 saturated heterocycles. The van der Waals surface area contributed by atoms with Crippen LogP contribution < -0.4 is 21.6 Å². The summed E-state index contributed by atoms with van der Waals surface area (Å²) in [6, 6.07) is 13.9. The Labute approximate surface area is 204 Å². The molecule has 1 aliphatic rings. The first kappa shape index (κ1) is 23.8. The van der Waals surface area contributed by atoms with Gasteiger partial charge in [0.05, 0.1) is 34.1 Å². The number of benzene rings is 2. The van der Waals surface area contributed by atoms with E-state index in [4.69, 9.17) is 0 Å². The van der Waals surface area contributed by atoms with E-state index in [1.54, 1.807) is 23.2 Å². The Kier molecular flexibility index (Phi) is 6.46. The predicted molar refractivity (Wildman–Crippen MR) is 134 cm³/mol. The van der Waals surface area contributed by atoms with Crippen molar-refractivity contribution in [2.45, 2.75) is 26.8 Å². The Morgan fingerprint density at radius 2 is 1.83 bits per heavy atom. The van der Waals surface area contributed by atoms with Crippen molar-refractivity contribution in [2.75, 3.05) is 24.2 Å². The van der Waals surface area contributed by atoms with E-state index in [9.17, 15) is 14.9 Å². The monoisotopic (exact) mass is 470 g/mol. The van der Waals surface area contributed by atoms with E-state index in [0.717, 1.165) is 11.3 Å². The summed E-state index contributed by atoms with van der Waals surface area (Å²) in [6.45, 7) is 6.94. The minimum absolute atomic E-state index is 0.0242. The van der Waals surface area contributed by atoms with Crippen LogP contribution in [0.4, 0.5) is 15.8 Å². The topological polar surface area (TPSA) is 112 Å². The fraction of sp³-hybridized carbons (Fsp3) is 0.269. The number of hydrazine groups is 2. The second kappa shape index (κ2) is 9.49. The van der Waals surface area contributed by atoms with Crippen LogP contribution in [0.15, 0.2) is 54.5 Å². The lowest BCUT2D eigenvalue weighted by atomic mass is 9.96. The second-order valence-corrected chi connectivity index (χ2v) is 9.67. The molecule has 1 aromatic heterocycles. The first-order valence-corrected chi connectivity index (χ1v) is 11.2. The van der Waals surface area contributed by atoms with Crippen molar-refractivity contribution >= 4 is 22.3 Å². The molecule has 1 atom stereocenters. The van der Waals surface area contributed by atoms with Gasteiger partial charge >= 0.3 is 0 Å². The first-order chi connectivity index (χ1) is 16.7. The molecule has 3 aromatic rings. The molecule has 1 unspecified atom stereocenters. The molecular formula is C26H27FN8. The maximum Gasteiger partial charge on any atom is 0.123 e. The third kappa shape index (κ3) is 5.26. The summed E-state index contributed by atoms with van der Waals surface area (Å²) < 4.78 is 13.6. The number of hydrogen-bond acceptors (Lipinski definition) is 8. The molecule has 35 heavy (non-hydrogen) atoms. The summed E-state index contributed by atoms with van der Waals surface area (Å²) in [7, 11) is 1.85. The van der Waals surface area contributed by atoms with E-state index in [2.05, 4.69) is 59.5 Å². The Bertz CT molecular complexity index is 1360. The lowest BCUT2D eigenvalue weighted by molar-refractivity contribution is 0.326. The Balaban J connectivity index is 1.83. The fourth-order valence-corrected chi connectivity index (χ4v) is 3.84. The molecule has 4 N–H and O–H groups in total.